The van der Waals surface area contributed by atoms with Crippen molar-refractivity contribution in [2.45, 2.75) is 11.3 Å². The van der Waals surface area contributed by atoms with Gasteiger partial charge in [-0.15, -0.1) is 4.40 Å². The van der Waals surface area contributed by atoms with Gasteiger partial charge in [0, 0.05) is 18.5 Å². The van der Waals surface area contributed by atoms with Crippen LogP contribution in [0.3, 0.4) is 0 Å². The van der Waals surface area contributed by atoms with Crippen LogP contribution in [0.4, 0.5) is 0 Å². The molecule has 1 heterocycles. The lowest BCUT2D eigenvalue weighted by molar-refractivity contribution is 0.599. The number of hydrogen-bond acceptors (Lipinski definition) is 5. The summed E-state index contributed by atoms with van der Waals surface area (Å²) in [4.78, 5) is 0.199. The molecular formula is C10H10N4O2S. The molecule has 0 amide bonds. The summed E-state index contributed by atoms with van der Waals surface area (Å²) < 4.78 is 26.9. The molecule has 6 nitrogen and oxygen atoms in total. The van der Waals surface area contributed by atoms with E-state index in [1.807, 2.05) is 6.07 Å². The molecule has 2 rings (SSSR count). The molecule has 0 fully saturated rings. The van der Waals surface area contributed by atoms with Crippen LogP contribution in [0.15, 0.2) is 33.6 Å². The molecule has 0 aromatic heterocycles. The molecule has 0 saturated heterocycles. The summed E-state index contributed by atoms with van der Waals surface area (Å²) in [5, 5.41) is 8.36. The number of hydrazine groups is 1. The lowest BCUT2D eigenvalue weighted by Gasteiger charge is -2.05. The van der Waals surface area contributed by atoms with Gasteiger partial charge in [-0.1, -0.05) is 12.1 Å². The molecular weight excluding hydrogens is 240 g/mol. The van der Waals surface area contributed by atoms with Gasteiger partial charge in [-0.3, -0.25) is 0 Å². The minimum absolute atomic E-state index is 0.199. The molecule has 2 N–H and O–H groups in total. The lowest BCUT2D eigenvalue weighted by Crippen LogP contribution is -2.37. The van der Waals surface area contributed by atoms with E-state index in [4.69, 9.17) is 5.26 Å². The second-order valence-electron chi connectivity index (χ2n) is 3.37. The van der Waals surface area contributed by atoms with Crippen LogP contribution in [0.25, 0.3) is 0 Å². The van der Waals surface area contributed by atoms with Crippen molar-refractivity contribution in [2.75, 3.05) is 6.54 Å². The summed E-state index contributed by atoms with van der Waals surface area (Å²) in [7, 11) is -3.58. The Labute approximate surface area is 99.0 Å². The lowest BCUT2D eigenvalue weighted by atomic mass is 10.2. The zero-order valence-corrected chi connectivity index (χ0v) is 9.66. The Balaban J connectivity index is 2.18. The fourth-order valence-electron chi connectivity index (χ4n) is 1.46. The summed E-state index contributed by atoms with van der Waals surface area (Å²) in [6.07, 6.45) is 0.328. The number of nitrogens with zero attached hydrogens (tertiary/aromatic N) is 2. The standard InChI is InChI=1S/C10H10N4O2S/c11-6-3-7-12-13-10-8-4-1-2-5-9(8)17(15,16)14-10/h1-2,4-5,12H,3,7H2,(H,13,14). The molecule has 17 heavy (non-hydrogen) atoms. The van der Waals surface area contributed by atoms with Gasteiger partial charge in [0.05, 0.1) is 6.07 Å². The first-order chi connectivity index (χ1) is 8.15. The van der Waals surface area contributed by atoms with Crippen LogP contribution in [-0.2, 0) is 10.0 Å². The molecule has 7 heteroatoms. The van der Waals surface area contributed by atoms with Crippen LogP contribution >= 0.6 is 0 Å². The van der Waals surface area contributed by atoms with E-state index in [0.29, 0.717) is 18.5 Å². The number of rotatable bonds is 3. The summed E-state index contributed by atoms with van der Waals surface area (Å²) >= 11 is 0. The number of amidine groups is 1. The van der Waals surface area contributed by atoms with Crippen LogP contribution in [0, 0.1) is 11.3 Å². The molecule has 0 saturated carbocycles. The quantitative estimate of drug-likeness (QED) is 0.588. The van der Waals surface area contributed by atoms with Gasteiger partial charge in [0.2, 0.25) is 0 Å². The number of nitriles is 1. The zero-order valence-electron chi connectivity index (χ0n) is 8.84. The highest BCUT2D eigenvalue weighted by atomic mass is 32.2. The molecule has 0 spiro atoms. The van der Waals surface area contributed by atoms with Gasteiger partial charge in [0.25, 0.3) is 10.0 Å². The largest absolute Gasteiger partial charge is 0.305 e. The van der Waals surface area contributed by atoms with E-state index >= 15 is 0 Å². The predicted molar refractivity (Wildman–Crippen MR) is 61.5 cm³/mol. The highest BCUT2D eigenvalue weighted by Crippen LogP contribution is 2.24. The topological polar surface area (TPSA) is 94.3 Å². The van der Waals surface area contributed by atoms with Crippen molar-refractivity contribution in [3.63, 3.8) is 0 Å². The van der Waals surface area contributed by atoms with E-state index < -0.39 is 10.0 Å². The molecule has 0 radical (unpaired) electrons. The Hall–Kier alpha value is -1.91. The molecule has 1 aromatic carbocycles. The van der Waals surface area contributed by atoms with Crippen molar-refractivity contribution >= 4 is 15.9 Å². The predicted octanol–water partition coefficient (Wildman–Crippen LogP) is 0.143. The smallest absolute Gasteiger partial charge is 0.285 e. The van der Waals surface area contributed by atoms with E-state index in [1.165, 1.54) is 6.07 Å². The Morgan fingerprint density at radius 2 is 2.12 bits per heavy atom. The van der Waals surface area contributed by atoms with Crippen molar-refractivity contribution in [1.29, 1.82) is 5.26 Å². The monoisotopic (exact) mass is 250 g/mol. The summed E-state index contributed by atoms with van der Waals surface area (Å²) in [5.41, 5.74) is 5.98. The van der Waals surface area contributed by atoms with E-state index in [2.05, 4.69) is 15.2 Å². The van der Waals surface area contributed by atoms with Gasteiger partial charge < -0.3 is 5.43 Å². The Morgan fingerprint density at radius 1 is 1.35 bits per heavy atom. The normalized spacial score (nSPS) is 15.8. The van der Waals surface area contributed by atoms with Crippen molar-refractivity contribution < 1.29 is 8.42 Å². The van der Waals surface area contributed by atoms with Crippen LogP contribution in [-0.4, -0.2) is 20.8 Å². The molecule has 88 valence electrons. The zero-order chi connectivity index (χ0) is 12.3. The Kier molecular flexibility index (Phi) is 3.08. The first-order valence-electron chi connectivity index (χ1n) is 4.95. The number of benzene rings is 1. The van der Waals surface area contributed by atoms with Crippen molar-refractivity contribution in [3.8, 4) is 6.07 Å². The summed E-state index contributed by atoms with van der Waals surface area (Å²) in [5.74, 6) is 0.263. The molecule has 1 aliphatic heterocycles. The number of nitrogens with one attached hydrogen (secondary N) is 2. The van der Waals surface area contributed by atoms with Gasteiger partial charge in [-0.2, -0.15) is 13.7 Å². The van der Waals surface area contributed by atoms with E-state index in [9.17, 15) is 8.42 Å². The van der Waals surface area contributed by atoms with Gasteiger partial charge in [0.1, 0.15) is 4.90 Å². The number of fused-ring (bicyclic) bond motifs is 1. The highest BCUT2D eigenvalue weighted by Gasteiger charge is 2.27. The van der Waals surface area contributed by atoms with Crippen molar-refractivity contribution in [3.05, 3.63) is 29.8 Å². The van der Waals surface area contributed by atoms with E-state index in [1.54, 1.807) is 18.2 Å². The van der Waals surface area contributed by atoms with Gasteiger partial charge in [-0.25, -0.2) is 5.43 Å². The van der Waals surface area contributed by atoms with Crippen molar-refractivity contribution in [2.24, 2.45) is 4.40 Å². The van der Waals surface area contributed by atoms with E-state index in [-0.39, 0.29) is 10.7 Å². The third-order valence-electron chi connectivity index (χ3n) is 2.20. The first kappa shape index (κ1) is 11.6. The number of sulfonamides is 1. The molecule has 1 aliphatic rings. The second-order valence-corrected chi connectivity index (χ2v) is 4.94. The highest BCUT2D eigenvalue weighted by molar-refractivity contribution is 7.90. The SMILES string of the molecule is N#CCCNNC1=NS(=O)(=O)c2ccccc21. The van der Waals surface area contributed by atoms with Crippen molar-refractivity contribution in [1.82, 2.24) is 10.9 Å². The fraction of sp³-hybridized carbons (Fsp3) is 0.200. The average molecular weight is 250 g/mol. The second kappa shape index (κ2) is 4.53. The van der Waals surface area contributed by atoms with Crippen LogP contribution in [0.1, 0.15) is 12.0 Å². The Bertz CT molecular complexity index is 601. The maximum absolute atomic E-state index is 11.6. The fourth-order valence-corrected chi connectivity index (χ4v) is 2.64. The molecule has 0 unspecified atom stereocenters. The average Bonchev–Trinajstić information content (AvgIpc) is 2.58. The third-order valence-corrected chi connectivity index (χ3v) is 3.53. The minimum Gasteiger partial charge on any atom is -0.305 e. The van der Waals surface area contributed by atoms with Gasteiger partial charge in [0.15, 0.2) is 5.84 Å². The van der Waals surface area contributed by atoms with Gasteiger partial charge in [-0.05, 0) is 12.1 Å². The molecule has 0 aliphatic carbocycles. The van der Waals surface area contributed by atoms with Crippen LogP contribution < -0.4 is 10.9 Å². The molecule has 0 bridgehead atoms. The van der Waals surface area contributed by atoms with Crippen LogP contribution in [0.5, 0.6) is 0 Å². The molecule has 0 atom stereocenters. The summed E-state index contributed by atoms with van der Waals surface area (Å²) in [6, 6.07) is 8.55. The third kappa shape index (κ3) is 2.27. The van der Waals surface area contributed by atoms with E-state index in [0.717, 1.165) is 0 Å². The molecule has 1 aromatic rings. The van der Waals surface area contributed by atoms with Gasteiger partial charge >= 0.3 is 0 Å². The minimum atomic E-state index is -3.58. The number of hydrogen-bond donors (Lipinski definition) is 2. The van der Waals surface area contributed by atoms with Crippen LogP contribution in [0.2, 0.25) is 0 Å². The summed E-state index contributed by atoms with van der Waals surface area (Å²) in [6.45, 7) is 0.414. The maximum atomic E-state index is 11.6. The maximum Gasteiger partial charge on any atom is 0.285 e. The first-order valence-corrected chi connectivity index (χ1v) is 6.39. The Morgan fingerprint density at radius 3 is 2.88 bits per heavy atom.